The molecule has 0 heterocycles. The average molecular weight is 270 g/mol. The van der Waals surface area contributed by atoms with Gasteiger partial charge in [0, 0.05) is 5.02 Å². The maximum Gasteiger partial charge on any atom is 0.128 e. The first-order valence-electron chi connectivity index (χ1n) is 6.88. The van der Waals surface area contributed by atoms with Crippen molar-refractivity contribution in [1.29, 1.82) is 0 Å². The van der Waals surface area contributed by atoms with Gasteiger partial charge in [-0.15, -0.1) is 0 Å². The van der Waals surface area contributed by atoms with Crippen LogP contribution in [0.3, 0.4) is 0 Å². The molecule has 0 bridgehead atoms. The minimum Gasteiger partial charge on any atom is -0.317 e. The molecule has 100 valence electrons. The van der Waals surface area contributed by atoms with Crippen molar-refractivity contribution in [3.05, 3.63) is 34.6 Å². The molecular weight excluding hydrogens is 249 g/mol. The van der Waals surface area contributed by atoms with Gasteiger partial charge in [-0.05, 0) is 55.5 Å². The van der Waals surface area contributed by atoms with Gasteiger partial charge in [0.1, 0.15) is 5.82 Å². The van der Waals surface area contributed by atoms with Crippen molar-refractivity contribution < 1.29 is 4.39 Å². The predicted octanol–water partition coefficient (Wildman–Crippen LogP) is 4.36. The lowest BCUT2D eigenvalue weighted by atomic mass is 9.75. The maximum atomic E-state index is 14.0. The first kappa shape index (κ1) is 13.8. The molecule has 1 nitrogen and oxygen atoms in total. The second-order valence-electron chi connectivity index (χ2n) is 5.12. The van der Waals surface area contributed by atoms with Gasteiger partial charge in [-0.3, -0.25) is 0 Å². The van der Waals surface area contributed by atoms with Gasteiger partial charge in [0.25, 0.3) is 0 Å². The Hall–Kier alpha value is -0.600. The molecule has 1 fully saturated rings. The number of hydrogen-bond acceptors (Lipinski definition) is 1. The molecule has 2 atom stereocenters. The smallest absolute Gasteiger partial charge is 0.128 e. The maximum absolute atomic E-state index is 14.0. The molecule has 18 heavy (non-hydrogen) atoms. The van der Waals surface area contributed by atoms with E-state index < -0.39 is 0 Å². The molecule has 0 aromatic heterocycles. The Labute approximate surface area is 114 Å². The summed E-state index contributed by atoms with van der Waals surface area (Å²) in [6.45, 7) is 4.08. The van der Waals surface area contributed by atoms with Crippen molar-refractivity contribution >= 4 is 11.6 Å². The molecule has 1 aromatic carbocycles. The van der Waals surface area contributed by atoms with E-state index in [0.717, 1.165) is 25.1 Å². The van der Waals surface area contributed by atoms with Gasteiger partial charge >= 0.3 is 0 Å². The van der Waals surface area contributed by atoms with Crippen LogP contribution < -0.4 is 5.32 Å². The van der Waals surface area contributed by atoms with Crippen molar-refractivity contribution in [3.8, 4) is 0 Å². The highest BCUT2D eigenvalue weighted by Crippen LogP contribution is 2.38. The Morgan fingerprint density at radius 1 is 1.33 bits per heavy atom. The molecule has 0 spiro atoms. The first-order chi connectivity index (χ1) is 8.72. The van der Waals surface area contributed by atoms with E-state index in [1.165, 1.54) is 25.3 Å². The van der Waals surface area contributed by atoms with Crippen molar-refractivity contribution in [2.45, 2.75) is 38.5 Å². The quantitative estimate of drug-likeness (QED) is 0.856. The number of nitrogens with one attached hydrogen (secondary N) is 1. The second kappa shape index (κ2) is 6.53. The van der Waals surface area contributed by atoms with Gasteiger partial charge in [-0.2, -0.15) is 0 Å². The van der Waals surface area contributed by atoms with Crippen LogP contribution in [0, 0.1) is 11.7 Å². The highest BCUT2D eigenvalue weighted by molar-refractivity contribution is 6.30. The third kappa shape index (κ3) is 3.24. The average Bonchev–Trinajstić information content (AvgIpc) is 2.37. The topological polar surface area (TPSA) is 12.0 Å². The van der Waals surface area contributed by atoms with E-state index in [4.69, 9.17) is 11.6 Å². The minimum absolute atomic E-state index is 0.143. The van der Waals surface area contributed by atoms with Crippen molar-refractivity contribution in [1.82, 2.24) is 5.32 Å². The van der Waals surface area contributed by atoms with Gasteiger partial charge in [-0.25, -0.2) is 4.39 Å². The van der Waals surface area contributed by atoms with Gasteiger partial charge < -0.3 is 5.32 Å². The zero-order chi connectivity index (χ0) is 13.0. The van der Waals surface area contributed by atoms with Crippen molar-refractivity contribution in [2.24, 2.45) is 5.92 Å². The molecule has 1 aromatic rings. The predicted molar refractivity (Wildman–Crippen MR) is 74.7 cm³/mol. The fourth-order valence-corrected chi connectivity index (χ4v) is 3.15. The highest BCUT2D eigenvalue weighted by atomic mass is 35.5. The molecule has 3 heteroatoms. The van der Waals surface area contributed by atoms with Gasteiger partial charge in [0.2, 0.25) is 0 Å². The van der Waals surface area contributed by atoms with E-state index in [1.807, 2.05) is 6.07 Å². The number of halogens is 2. The lowest BCUT2D eigenvalue weighted by Gasteiger charge is -2.32. The van der Waals surface area contributed by atoms with E-state index in [1.54, 1.807) is 6.07 Å². The molecule has 1 aliphatic rings. The van der Waals surface area contributed by atoms with E-state index >= 15 is 0 Å². The Bertz CT molecular complexity index is 394. The van der Waals surface area contributed by atoms with Crippen LogP contribution in [0.25, 0.3) is 0 Å². The molecule has 0 amide bonds. The molecule has 1 saturated carbocycles. The lowest BCUT2D eigenvalue weighted by molar-refractivity contribution is 0.292. The first-order valence-corrected chi connectivity index (χ1v) is 7.25. The zero-order valence-corrected chi connectivity index (χ0v) is 11.6. The minimum atomic E-state index is -0.143. The van der Waals surface area contributed by atoms with Crippen molar-refractivity contribution in [2.75, 3.05) is 13.1 Å². The van der Waals surface area contributed by atoms with Crippen molar-refractivity contribution in [3.63, 3.8) is 0 Å². The molecule has 0 saturated heterocycles. The van der Waals surface area contributed by atoms with E-state index in [-0.39, 0.29) is 5.82 Å². The summed E-state index contributed by atoms with van der Waals surface area (Å²) in [7, 11) is 0. The SMILES string of the molecule is CCNCC1CCCCC1c1ccc(Cl)cc1F. The Morgan fingerprint density at radius 2 is 2.11 bits per heavy atom. The molecule has 0 aliphatic heterocycles. The van der Waals surface area contributed by atoms with Crippen LogP contribution in [0.4, 0.5) is 4.39 Å². The summed E-state index contributed by atoms with van der Waals surface area (Å²) >= 11 is 5.82. The third-order valence-electron chi connectivity index (χ3n) is 3.93. The molecule has 2 rings (SSSR count). The van der Waals surface area contributed by atoms with Gasteiger partial charge in [0.05, 0.1) is 0 Å². The number of rotatable bonds is 4. The molecule has 1 N–H and O–H groups in total. The molecule has 1 aliphatic carbocycles. The normalized spacial score (nSPS) is 24.2. The summed E-state index contributed by atoms with van der Waals surface area (Å²) in [6.07, 6.45) is 4.76. The summed E-state index contributed by atoms with van der Waals surface area (Å²) in [5.74, 6) is 0.750. The van der Waals surface area contributed by atoms with Crippen LogP contribution in [0.15, 0.2) is 18.2 Å². The largest absolute Gasteiger partial charge is 0.317 e. The fraction of sp³-hybridized carbons (Fsp3) is 0.600. The van der Waals surface area contributed by atoms with Crippen LogP contribution in [0.2, 0.25) is 5.02 Å². The van der Waals surface area contributed by atoms with Crippen LogP contribution in [-0.4, -0.2) is 13.1 Å². The Kier molecular flexibility index (Phi) is 5.02. The second-order valence-corrected chi connectivity index (χ2v) is 5.56. The third-order valence-corrected chi connectivity index (χ3v) is 4.16. The number of benzene rings is 1. The fourth-order valence-electron chi connectivity index (χ4n) is 2.99. The van der Waals surface area contributed by atoms with E-state index in [9.17, 15) is 4.39 Å². The molecular formula is C15H21ClFN. The van der Waals surface area contributed by atoms with Crippen LogP contribution in [0.1, 0.15) is 44.1 Å². The lowest BCUT2D eigenvalue weighted by Crippen LogP contribution is -2.29. The monoisotopic (exact) mass is 269 g/mol. The Morgan fingerprint density at radius 3 is 2.83 bits per heavy atom. The summed E-state index contributed by atoms with van der Waals surface area (Å²) in [6, 6.07) is 5.11. The van der Waals surface area contributed by atoms with Crippen LogP contribution in [-0.2, 0) is 0 Å². The van der Waals surface area contributed by atoms with Gasteiger partial charge in [0.15, 0.2) is 0 Å². The molecule has 2 unspecified atom stereocenters. The van der Waals surface area contributed by atoms with E-state index in [2.05, 4.69) is 12.2 Å². The zero-order valence-electron chi connectivity index (χ0n) is 10.9. The molecule has 0 radical (unpaired) electrons. The number of hydrogen-bond donors (Lipinski definition) is 1. The van der Waals surface area contributed by atoms with Crippen LogP contribution in [0.5, 0.6) is 0 Å². The summed E-state index contributed by atoms with van der Waals surface area (Å²) in [5, 5.41) is 3.88. The van der Waals surface area contributed by atoms with E-state index in [0.29, 0.717) is 16.9 Å². The standard InChI is InChI=1S/C15H21ClFN/c1-2-18-10-11-5-3-4-6-13(11)14-8-7-12(16)9-15(14)17/h7-9,11,13,18H,2-6,10H2,1H3. The Balaban J connectivity index is 2.16. The van der Waals surface area contributed by atoms with Gasteiger partial charge in [-0.1, -0.05) is 37.4 Å². The summed E-state index contributed by atoms with van der Waals surface area (Å²) < 4.78 is 14.0. The highest BCUT2D eigenvalue weighted by Gasteiger charge is 2.28. The van der Waals surface area contributed by atoms with Crippen LogP contribution >= 0.6 is 11.6 Å². The summed E-state index contributed by atoms with van der Waals surface area (Å²) in [4.78, 5) is 0. The summed E-state index contributed by atoms with van der Waals surface area (Å²) in [5.41, 5.74) is 0.849.